The summed E-state index contributed by atoms with van der Waals surface area (Å²) in [6.07, 6.45) is 1.80. The Hall–Kier alpha value is -3.42. The minimum absolute atomic E-state index is 0.193. The van der Waals surface area contributed by atoms with Crippen molar-refractivity contribution in [1.29, 1.82) is 0 Å². The molecule has 3 heterocycles. The first-order valence-corrected chi connectivity index (χ1v) is 11.2. The topological polar surface area (TPSA) is 71.6 Å². The van der Waals surface area contributed by atoms with Crippen molar-refractivity contribution in [3.05, 3.63) is 93.1 Å². The van der Waals surface area contributed by atoms with Gasteiger partial charge in [0.2, 0.25) is 0 Å². The highest BCUT2D eigenvalue weighted by Crippen LogP contribution is 2.25. The Balaban J connectivity index is 1.37. The van der Waals surface area contributed by atoms with Crippen molar-refractivity contribution >= 4 is 34.3 Å². The van der Waals surface area contributed by atoms with Gasteiger partial charge >= 0.3 is 5.76 Å². The number of halogens is 1. The number of oxazole rings is 1. The van der Waals surface area contributed by atoms with Crippen molar-refractivity contribution in [3.8, 4) is 0 Å². The van der Waals surface area contributed by atoms with E-state index in [1.54, 1.807) is 41.1 Å². The second-order valence-corrected chi connectivity index (χ2v) is 8.58. The molecule has 4 aromatic rings. The van der Waals surface area contributed by atoms with Gasteiger partial charge < -0.3 is 9.32 Å². The Labute approximate surface area is 195 Å². The lowest BCUT2D eigenvalue weighted by atomic mass is 9.98. The van der Waals surface area contributed by atoms with Crippen LogP contribution >= 0.6 is 11.6 Å². The molecule has 8 heteroatoms. The third-order valence-electron chi connectivity index (χ3n) is 6.06. The largest absolute Gasteiger partial charge is 0.421 e. The summed E-state index contributed by atoms with van der Waals surface area (Å²) in [4.78, 5) is 34.6. The fraction of sp³-hybridized carbons (Fsp3) is 0.240. The van der Waals surface area contributed by atoms with Gasteiger partial charge in [-0.05, 0) is 48.9 Å². The molecule has 0 spiro atoms. The molecule has 168 valence electrons. The molecule has 0 atom stereocenters. The number of ketones is 1. The molecule has 2 aromatic carbocycles. The Morgan fingerprint density at radius 2 is 1.79 bits per heavy atom. The number of nitrogens with zero attached hydrogens (tertiary/aromatic N) is 4. The van der Waals surface area contributed by atoms with Crippen molar-refractivity contribution in [3.63, 3.8) is 0 Å². The van der Waals surface area contributed by atoms with Crippen LogP contribution in [0.5, 0.6) is 0 Å². The summed E-state index contributed by atoms with van der Waals surface area (Å²) in [5, 5.41) is 0.394. The number of aryl methyl sites for hydroxylation is 1. The van der Waals surface area contributed by atoms with Gasteiger partial charge in [-0.3, -0.25) is 14.3 Å². The fourth-order valence-electron chi connectivity index (χ4n) is 4.24. The molecule has 1 fully saturated rings. The average Bonchev–Trinajstić information content (AvgIpc) is 3.13. The molecule has 5 rings (SSSR count). The van der Waals surface area contributed by atoms with Crippen molar-refractivity contribution < 1.29 is 9.21 Å². The van der Waals surface area contributed by atoms with Gasteiger partial charge in [-0.2, -0.15) is 0 Å². The molecule has 1 aliphatic heterocycles. The summed E-state index contributed by atoms with van der Waals surface area (Å²) in [6, 6.07) is 16.3. The minimum Gasteiger partial charge on any atom is -0.408 e. The second-order valence-electron chi connectivity index (χ2n) is 8.17. The van der Waals surface area contributed by atoms with Crippen LogP contribution in [0.2, 0.25) is 5.02 Å². The second kappa shape index (κ2) is 8.84. The molecule has 0 unspecified atom stereocenters. The van der Waals surface area contributed by atoms with E-state index in [9.17, 15) is 9.59 Å². The molecule has 2 aromatic heterocycles. The highest BCUT2D eigenvalue weighted by atomic mass is 35.5. The maximum atomic E-state index is 13.1. The molecule has 0 radical (unpaired) electrons. The summed E-state index contributed by atoms with van der Waals surface area (Å²) in [5.41, 5.74) is 2.74. The predicted molar refractivity (Wildman–Crippen MR) is 128 cm³/mol. The van der Waals surface area contributed by atoms with Gasteiger partial charge in [0.05, 0.1) is 17.2 Å². The molecule has 0 bridgehead atoms. The molecular weight excluding hydrogens is 440 g/mol. The van der Waals surface area contributed by atoms with Crippen molar-refractivity contribution in [2.45, 2.75) is 13.6 Å². The van der Waals surface area contributed by atoms with Crippen LogP contribution in [0.4, 0.5) is 5.82 Å². The number of anilines is 1. The molecule has 0 N–H and O–H groups in total. The van der Waals surface area contributed by atoms with Gasteiger partial charge in [0.15, 0.2) is 11.4 Å². The summed E-state index contributed by atoms with van der Waals surface area (Å²) < 4.78 is 7.15. The zero-order chi connectivity index (χ0) is 22.9. The molecule has 7 nitrogen and oxygen atoms in total. The summed E-state index contributed by atoms with van der Waals surface area (Å²) in [6.45, 7) is 5.56. The number of carbonyl (C=O) groups is 1. The predicted octanol–water partition coefficient (Wildman–Crippen LogP) is 3.96. The van der Waals surface area contributed by atoms with Crippen LogP contribution in [-0.4, -0.2) is 46.4 Å². The van der Waals surface area contributed by atoms with Crippen LogP contribution in [0.3, 0.4) is 0 Å². The van der Waals surface area contributed by atoms with Crippen LogP contribution < -0.4 is 10.7 Å². The van der Waals surface area contributed by atoms with Gasteiger partial charge in [-0.15, -0.1) is 0 Å². The number of piperazine rings is 1. The number of hydrogen-bond donors (Lipinski definition) is 0. The van der Waals surface area contributed by atoms with E-state index in [1.807, 2.05) is 31.2 Å². The van der Waals surface area contributed by atoms with E-state index in [-0.39, 0.29) is 5.78 Å². The third kappa shape index (κ3) is 4.17. The Bertz CT molecular complexity index is 1370. The van der Waals surface area contributed by atoms with E-state index in [4.69, 9.17) is 16.0 Å². The van der Waals surface area contributed by atoms with Crippen molar-refractivity contribution in [1.82, 2.24) is 14.5 Å². The fourth-order valence-corrected chi connectivity index (χ4v) is 4.46. The number of aromatic nitrogens is 2. The van der Waals surface area contributed by atoms with Gasteiger partial charge in [0, 0.05) is 43.5 Å². The SMILES string of the molecule is Cc1cc2c(cc1C(=O)c1ccccc1Cl)oc(=O)n2CN1CCN(c2ccccn2)CC1. The lowest BCUT2D eigenvalue weighted by Gasteiger charge is -2.35. The highest BCUT2D eigenvalue weighted by molar-refractivity contribution is 6.35. The number of fused-ring (bicyclic) bond motifs is 1. The molecule has 0 saturated carbocycles. The monoisotopic (exact) mass is 462 g/mol. The van der Waals surface area contributed by atoms with Gasteiger partial charge in [-0.1, -0.05) is 29.8 Å². The van der Waals surface area contributed by atoms with Crippen LogP contribution in [0.1, 0.15) is 21.5 Å². The molecule has 0 amide bonds. The Morgan fingerprint density at radius 1 is 1.03 bits per heavy atom. The molecule has 33 heavy (non-hydrogen) atoms. The maximum Gasteiger partial charge on any atom is 0.421 e. The van der Waals surface area contributed by atoms with E-state index in [2.05, 4.69) is 14.8 Å². The zero-order valence-electron chi connectivity index (χ0n) is 18.2. The van der Waals surface area contributed by atoms with Crippen LogP contribution in [0.15, 0.2) is 70.0 Å². The molecule has 1 aliphatic rings. The molecule has 0 aliphatic carbocycles. The lowest BCUT2D eigenvalue weighted by Crippen LogP contribution is -2.47. The quantitative estimate of drug-likeness (QED) is 0.418. The first kappa shape index (κ1) is 21.4. The Kier molecular flexibility index (Phi) is 5.74. The molecular formula is C25H23ClN4O3. The number of hydrogen-bond acceptors (Lipinski definition) is 6. The highest BCUT2D eigenvalue weighted by Gasteiger charge is 2.22. The minimum atomic E-state index is -0.432. The normalized spacial score (nSPS) is 14.7. The van der Waals surface area contributed by atoms with E-state index < -0.39 is 5.76 Å². The first-order valence-electron chi connectivity index (χ1n) is 10.8. The van der Waals surface area contributed by atoms with Crippen LogP contribution in [0.25, 0.3) is 11.1 Å². The third-order valence-corrected chi connectivity index (χ3v) is 6.39. The van der Waals surface area contributed by atoms with Gasteiger partial charge in [-0.25, -0.2) is 9.78 Å². The van der Waals surface area contributed by atoms with Crippen LogP contribution in [0, 0.1) is 6.92 Å². The number of rotatable bonds is 5. The summed E-state index contributed by atoms with van der Waals surface area (Å²) in [5.74, 6) is 0.342. The van der Waals surface area contributed by atoms with Crippen molar-refractivity contribution in [2.24, 2.45) is 0 Å². The lowest BCUT2D eigenvalue weighted by molar-refractivity contribution is 0.103. The van der Waals surface area contributed by atoms with Gasteiger partial charge in [0.1, 0.15) is 5.82 Å². The van der Waals surface area contributed by atoms with E-state index in [0.29, 0.717) is 33.9 Å². The van der Waals surface area contributed by atoms with E-state index in [0.717, 1.165) is 37.6 Å². The van der Waals surface area contributed by atoms with Crippen LogP contribution in [-0.2, 0) is 6.67 Å². The first-order chi connectivity index (χ1) is 16.0. The van der Waals surface area contributed by atoms with Gasteiger partial charge in [0.25, 0.3) is 0 Å². The number of pyridine rings is 1. The standard InChI is InChI=1S/C25H23ClN4O3/c1-17-14-21-22(15-19(17)24(31)18-6-2-3-7-20(18)26)33-25(32)30(21)16-28-10-12-29(13-11-28)23-8-4-5-9-27-23/h2-9,14-15H,10-13,16H2,1H3. The number of carbonyl (C=O) groups excluding carboxylic acids is 1. The van der Waals surface area contributed by atoms with E-state index >= 15 is 0 Å². The molecule has 1 saturated heterocycles. The number of benzene rings is 2. The summed E-state index contributed by atoms with van der Waals surface area (Å²) >= 11 is 6.22. The smallest absolute Gasteiger partial charge is 0.408 e. The van der Waals surface area contributed by atoms with E-state index in [1.165, 1.54) is 0 Å². The zero-order valence-corrected chi connectivity index (χ0v) is 19.0. The Morgan fingerprint density at radius 3 is 2.52 bits per heavy atom. The van der Waals surface area contributed by atoms with Crippen molar-refractivity contribution in [2.75, 3.05) is 31.1 Å². The average molecular weight is 463 g/mol. The maximum absolute atomic E-state index is 13.1. The summed E-state index contributed by atoms with van der Waals surface area (Å²) in [7, 11) is 0.